The van der Waals surface area contributed by atoms with Crippen LogP contribution in [0.15, 0.2) is 36.4 Å². The summed E-state index contributed by atoms with van der Waals surface area (Å²) in [6.07, 6.45) is 1.77. The zero-order chi connectivity index (χ0) is 12.1. The van der Waals surface area contributed by atoms with Crippen molar-refractivity contribution in [3.05, 3.63) is 47.9 Å². The first kappa shape index (κ1) is 11.7. The normalized spacial score (nSPS) is 10.5. The molecule has 0 aliphatic rings. The predicted octanol–water partition coefficient (Wildman–Crippen LogP) is 2.34. The molecule has 2 aromatic rings. The monoisotopic (exact) mass is 227 g/mol. The lowest BCUT2D eigenvalue weighted by Gasteiger charge is -2.05. The van der Waals surface area contributed by atoms with E-state index in [-0.39, 0.29) is 0 Å². The van der Waals surface area contributed by atoms with E-state index in [1.807, 2.05) is 31.2 Å². The summed E-state index contributed by atoms with van der Waals surface area (Å²) in [7, 11) is 0. The highest BCUT2D eigenvalue weighted by atomic mass is 14.9. The summed E-state index contributed by atoms with van der Waals surface area (Å²) in [5.74, 6) is 0.884. The van der Waals surface area contributed by atoms with E-state index in [0.717, 1.165) is 35.6 Å². The van der Waals surface area contributed by atoms with Gasteiger partial charge in [0.15, 0.2) is 0 Å². The standard InChI is InChI=1S/C14H17N3/c1-11-10-13(12-6-3-2-4-7-12)17-14(16-11)8-5-9-15/h2-4,6-7,10H,5,8-9,15H2,1H3. The van der Waals surface area contributed by atoms with Crippen LogP contribution < -0.4 is 5.73 Å². The quantitative estimate of drug-likeness (QED) is 0.872. The zero-order valence-electron chi connectivity index (χ0n) is 10.1. The molecule has 0 bridgehead atoms. The van der Waals surface area contributed by atoms with Crippen molar-refractivity contribution in [3.63, 3.8) is 0 Å². The van der Waals surface area contributed by atoms with Crippen molar-refractivity contribution in [2.45, 2.75) is 19.8 Å². The first-order valence-corrected chi connectivity index (χ1v) is 5.89. The van der Waals surface area contributed by atoms with Crippen molar-refractivity contribution >= 4 is 0 Å². The topological polar surface area (TPSA) is 51.8 Å². The highest BCUT2D eigenvalue weighted by Crippen LogP contribution is 2.17. The maximum Gasteiger partial charge on any atom is 0.129 e. The second-order valence-electron chi connectivity index (χ2n) is 4.07. The fourth-order valence-electron chi connectivity index (χ4n) is 1.76. The molecule has 17 heavy (non-hydrogen) atoms. The van der Waals surface area contributed by atoms with Crippen LogP contribution in [0.5, 0.6) is 0 Å². The number of aryl methyl sites for hydroxylation is 2. The SMILES string of the molecule is Cc1cc(-c2ccccc2)nc(CCCN)n1. The third-order valence-electron chi connectivity index (χ3n) is 2.57. The summed E-state index contributed by atoms with van der Waals surface area (Å²) in [6, 6.07) is 12.2. The second kappa shape index (κ2) is 5.55. The van der Waals surface area contributed by atoms with Gasteiger partial charge < -0.3 is 5.73 Å². The molecule has 88 valence electrons. The number of benzene rings is 1. The molecule has 0 aliphatic carbocycles. The van der Waals surface area contributed by atoms with Crippen LogP contribution in [0.2, 0.25) is 0 Å². The Morgan fingerprint density at radius 1 is 1.12 bits per heavy atom. The lowest BCUT2D eigenvalue weighted by molar-refractivity contribution is 0.777. The Hall–Kier alpha value is -1.74. The molecule has 1 aromatic heterocycles. The molecule has 2 N–H and O–H groups in total. The smallest absolute Gasteiger partial charge is 0.129 e. The Balaban J connectivity index is 2.32. The van der Waals surface area contributed by atoms with Crippen LogP contribution in [0.25, 0.3) is 11.3 Å². The molecule has 0 radical (unpaired) electrons. The number of rotatable bonds is 4. The average Bonchev–Trinajstić information content (AvgIpc) is 2.37. The first-order valence-electron chi connectivity index (χ1n) is 5.89. The van der Waals surface area contributed by atoms with Crippen LogP contribution in [-0.2, 0) is 6.42 Å². The number of nitrogens with zero attached hydrogens (tertiary/aromatic N) is 2. The van der Waals surface area contributed by atoms with Gasteiger partial charge in [-0.05, 0) is 26.0 Å². The van der Waals surface area contributed by atoms with Crippen LogP contribution in [0.4, 0.5) is 0 Å². The molecule has 0 saturated heterocycles. The summed E-state index contributed by atoms with van der Waals surface area (Å²) >= 11 is 0. The van der Waals surface area contributed by atoms with Gasteiger partial charge in [-0.3, -0.25) is 0 Å². The number of aromatic nitrogens is 2. The van der Waals surface area contributed by atoms with Crippen LogP contribution in [0.3, 0.4) is 0 Å². The van der Waals surface area contributed by atoms with Gasteiger partial charge in [0.05, 0.1) is 5.69 Å². The molecule has 1 aromatic carbocycles. The van der Waals surface area contributed by atoms with Gasteiger partial charge in [-0.15, -0.1) is 0 Å². The number of nitrogens with two attached hydrogens (primary N) is 1. The van der Waals surface area contributed by atoms with Crippen LogP contribution >= 0.6 is 0 Å². The summed E-state index contributed by atoms with van der Waals surface area (Å²) in [5, 5.41) is 0. The fraction of sp³-hybridized carbons (Fsp3) is 0.286. The second-order valence-corrected chi connectivity index (χ2v) is 4.07. The van der Waals surface area contributed by atoms with E-state index in [2.05, 4.69) is 22.1 Å². The molecular formula is C14H17N3. The molecule has 3 nitrogen and oxygen atoms in total. The molecule has 0 unspecified atom stereocenters. The summed E-state index contributed by atoms with van der Waals surface area (Å²) in [4.78, 5) is 9.00. The van der Waals surface area contributed by atoms with Gasteiger partial charge in [-0.25, -0.2) is 9.97 Å². The molecule has 0 spiro atoms. The first-order chi connectivity index (χ1) is 8.29. The molecule has 0 amide bonds. The molecule has 1 heterocycles. The minimum Gasteiger partial charge on any atom is -0.330 e. The van der Waals surface area contributed by atoms with E-state index in [9.17, 15) is 0 Å². The molecule has 2 rings (SSSR count). The Labute approximate surface area is 102 Å². The number of hydrogen-bond acceptors (Lipinski definition) is 3. The van der Waals surface area contributed by atoms with Crippen molar-refractivity contribution in [1.82, 2.24) is 9.97 Å². The van der Waals surface area contributed by atoms with E-state index in [1.165, 1.54) is 0 Å². The molecule has 0 atom stereocenters. The molecule has 0 fully saturated rings. The molecule has 3 heteroatoms. The van der Waals surface area contributed by atoms with Gasteiger partial charge in [0, 0.05) is 17.7 Å². The van der Waals surface area contributed by atoms with Gasteiger partial charge in [-0.1, -0.05) is 30.3 Å². The van der Waals surface area contributed by atoms with Gasteiger partial charge >= 0.3 is 0 Å². The van der Waals surface area contributed by atoms with Crippen molar-refractivity contribution in [1.29, 1.82) is 0 Å². The minimum absolute atomic E-state index is 0.679. The average molecular weight is 227 g/mol. The lowest BCUT2D eigenvalue weighted by atomic mass is 10.1. The maximum absolute atomic E-state index is 5.51. The van der Waals surface area contributed by atoms with E-state index in [1.54, 1.807) is 0 Å². The third-order valence-corrected chi connectivity index (χ3v) is 2.57. The number of hydrogen-bond donors (Lipinski definition) is 1. The van der Waals surface area contributed by atoms with E-state index >= 15 is 0 Å². The minimum atomic E-state index is 0.679. The summed E-state index contributed by atoms with van der Waals surface area (Å²) < 4.78 is 0. The predicted molar refractivity (Wildman–Crippen MR) is 69.6 cm³/mol. The summed E-state index contributed by atoms with van der Waals surface area (Å²) in [6.45, 7) is 2.68. The van der Waals surface area contributed by atoms with Gasteiger partial charge in [0.2, 0.25) is 0 Å². The zero-order valence-corrected chi connectivity index (χ0v) is 10.1. The van der Waals surface area contributed by atoms with Crippen LogP contribution in [0.1, 0.15) is 17.9 Å². The fourth-order valence-corrected chi connectivity index (χ4v) is 1.76. The van der Waals surface area contributed by atoms with E-state index in [4.69, 9.17) is 5.73 Å². The molecular weight excluding hydrogens is 210 g/mol. The van der Waals surface area contributed by atoms with Gasteiger partial charge in [0.1, 0.15) is 5.82 Å². The largest absolute Gasteiger partial charge is 0.330 e. The van der Waals surface area contributed by atoms with Crippen molar-refractivity contribution in [2.24, 2.45) is 5.73 Å². The van der Waals surface area contributed by atoms with E-state index < -0.39 is 0 Å². The Bertz CT molecular complexity index is 480. The Kier molecular flexibility index (Phi) is 3.83. The lowest BCUT2D eigenvalue weighted by Crippen LogP contribution is -2.04. The molecule has 0 saturated carbocycles. The van der Waals surface area contributed by atoms with Crippen LogP contribution in [-0.4, -0.2) is 16.5 Å². The van der Waals surface area contributed by atoms with Crippen molar-refractivity contribution in [2.75, 3.05) is 6.54 Å². The Morgan fingerprint density at radius 2 is 1.88 bits per heavy atom. The highest BCUT2D eigenvalue weighted by molar-refractivity contribution is 5.58. The highest BCUT2D eigenvalue weighted by Gasteiger charge is 2.03. The maximum atomic E-state index is 5.51. The Morgan fingerprint density at radius 3 is 2.59 bits per heavy atom. The van der Waals surface area contributed by atoms with Crippen molar-refractivity contribution < 1.29 is 0 Å². The van der Waals surface area contributed by atoms with Crippen molar-refractivity contribution in [3.8, 4) is 11.3 Å². The van der Waals surface area contributed by atoms with E-state index in [0.29, 0.717) is 6.54 Å². The van der Waals surface area contributed by atoms with Crippen LogP contribution in [0, 0.1) is 6.92 Å². The van der Waals surface area contributed by atoms with Gasteiger partial charge in [-0.2, -0.15) is 0 Å². The third kappa shape index (κ3) is 3.11. The molecule has 0 aliphatic heterocycles. The summed E-state index contributed by atoms with van der Waals surface area (Å²) in [5.41, 5.74) is 8.64. The van der Waals surface area contributed by atoms with Gasteiger partial charge in [0.25, 0.3) is 0 Å².